The summed E-state index contributed by atoms with van der Waals surface area (Å²) in [6, 6.07) is 22.4. The lowest BCUT2D eigenvalue weighted by molar-refractivity contribution is 0.0793. The van der Waals surface area contributed by atoms with Gasteiger partial charge in [-0.2, -0.15) is 0 Å². The minimum Gasteiger partial charge on any atom is -0.492 e. The molecule has 0 radical (unpaired) electrons. The molecular weight excluding hydrogens is 526 g/mol. The molecule has 0 spiro atoms. The zero-order chi connectivity index (χ0) is 24.6. The van der Waals surface area contributed by atoms with Crippen LogP contribution < -0.4 is 15.4 Å². The van der Waals surface area contributed by atoms with Crippen molar-refractivity contribution in [2.75, 3.05) is 25.0 Å². The fourth-order valence-electron chi connectivity index (χ4n) is 3.88. The molecule has 2 N–H and O–H groups in total. The third-order valence-electron chi connectivity index (χ3n) is 5.71. The summed E-state index contributed by atoms with van der Waals surface area (Å²) in [6.07, 6.45) is 2.82. The number of ether oxygens (including phenoxy) is 1. The first-order valence-corrected chi connectivity index (χ1v) is 12.7. The van der Waals surface area contributed by atoms with Crippen LogP contribution in [0.15, 0.2) is 77.3 Å². The fourth-order valence-corrected chi connectivity index (χ4v) is 4.58. The second-order valence-electron chi connectivity index (χ2n) is 8.18. The standard InChI is InChI=1S/C27H26BrN3O3S/c28-22-18-20(12-13-24(22)34-17-14-19-8-2-1-3-9-19)25(32)30-27(35)29-23-11-5-4-10-21(23)26(33)31-15-6-7-16-31/h1-5,8-13,18H,6-7,14-17H2,(H2,29,30,32,35). The lowest BCUT2D eigenvalue weighted by Gasteiger charge is -2.18. The number of rotatable bonds is 7. The van der Waals surface area contributed by atoms with Gasteiger partial charge in [-0.1, -0.05) is 42.5 Å². The molecule has 1 heterocycles. The molecule has 0 aliphatic carbocycles. The molecule has 2 amide bonds. The summed E-state index contributed by atoms with van der Waals surface area (Å²) in [6.45, 7) is 2.04. The van der Waals surface area contributed by atoms with E-state index >= 15 is 0 Å². The van der Waals surface area contributed by atoms with Crippen molar-refractivity contribution in [3.63, 3.8) is 0 Å². The molecule has 3 aromatic rings. The molecule has 1 aliphatic rings. The molecule has 0 unspecified atom stereocenters. The summed E-state index contributed by atoms with van der Waals surface area (Å²) >= 11 is 8.84. The average molecular weight is 552 g/mol. The van der Waals surface area contributed by atoms with Gasteiger partial charge in [-0.05, 0) is 76.9 Å². The van der Waals surface area contributed by atoms with Crippen molar-refractivity contribution in [2.24, 2.45) is 0 Å². The molecular formula is C27H26BrN3O3S. The Bertz CT molecular complexity index is 1210. The molecule has 8 heteroatoms. The van der Waals surface area contributed by atoms with Crippen LogP contribution in [0, 0.1) is 0 Å². The number of likely N-dealkylation sites (tertiary alicyclic amines) is 1. The van der Waals surface area contributed by atoms with Gasteiger partial charge >= 0.3 is 0 Å². The Morgan fingerprint density at radius 1 is 0.971 bits per heavy atom. The summed E-state index contributed by atoms with van der Waals surface area (Å²) in [5.41, 5.74) is 2.73. The molecule has 1 fully saturated rings. The minimum atomic E-state index is -0.359. The Morgan fingerprint density at radius 2 is 1.69 bits per heavy atom. The van der Waals surface area contributed by atoms with E-state index in [1.54, 1.807) is 30.3 Å². The molecule has 0 bridgehead atoms. The van der Waals surface area contributed by atoms with Crippen molar-refractivity contribution >= 4 is 50.8 Å². The largest absolute Gasteiger partial charge is 0.492 e. The van der Waals surface area contributed by atoms with Gasteiger partial charge < -0.3 is 15.0 Å². The number of anilines is 1. The molecule has 4 rings (SSSR count). The summed E-state index contributed by atoms with van der Waals surface area (Å²) < 4.78 is 6.54. The van der Waals surface area contributed by atoms with Crippen LogP contribution in [0.3, 0.4) is 0 Å². The van der Waals surface area contributed by atoms with Gasteiger partial charge in [0.1, 0.15) is 5.75 Å². The van der Waals surface area contributed by atoms with Gasteiger partial charge in [-0.15, -0.1) is 0 Å². The van der Waals surface area contributed by atoms with E-state index in [0.717, 1.165) is 32.4 Å². The quantitative estimate of drug-likeness (QED) is 0.383. The van der Waals surface area contributed by atoms with Crippen LogP contribution in [0.1, 0.15) is 39.1 Å². The number of para-hydroxylation sites is 1. The van der Waals surface area contributed by atoms with Gasteiger partial charge in [0.05, 0.1) is 22.3 Å². The number of carbonyl (C=O) groups excluding carboxylic acids is 2. The Kier molecular flexibility index (Phi) is 8.50. The van der Waals surface area contributed by atoms with Crippen LogP contribution in [0.2, 0.25) is 0 Å². The number of nitrogens with zero attached hydrogens (tertiary/aromatic N) is 1. The van der Waals surface area contributed by atoms with E-state index in [4.69, 9.17) is 17.0 Å². The maximum atomic E-state index is 12.9. The smallest absolute Gasteiger partial charge is 0.257 e. The topological polar surface area (TPSA) is 70.7 Å². The zero-order valence-corrected chi connectivity index (χ0v) is 21.5. The van der Waals surface area contributed by atoms with Crippen LogP contribution >= 0.6 is 28.1 Å². The third-order valence-corrected chi connectivity index (χ3v) is 6.54. The fraction of sp³-hybridized carbons (Fsp3) is 0.222. The van der Waals surface area contributed by atoms with Crippen LogP contribution in [0.25, 0.3) is 0 Å². The van der Waals surface area contributed by atoms with Crippen molar-refractivity contribution in [1.82, 2.24) is 10.2 Å². The summed E-state index contributed by atoms with van der Waals surface area (Å²) in [5.74, 6) is 0.265. The van der Waals surface area contributed by atoms with E-state index in [1.807, 2.05) is 35.2 Å². The first-order valence-electron chi connectivity index (χ1n) is 11.5. The van der Waals surface area contributed by atoms with E-state index in [2.05, 4.69) is 38.7 Å². The lowest BCUT2D eigenvalue weighted by Crippen LogP contribution is -2.35. The average Bonchev–Trinajstić information content (AvgIpc) is 3.40. The summed E-state index contributed by atoms with van der Waals surface area (Å²) in [7, 11) is 0. The molecule has 0 saturated carbocycles. The predicted octanol–water partition coefficient (Wildman–Crippen LogP) is 5.43. The first-order chi connectivity index (χ1) is 17.0. The highest BCUT2D eigenvalue weighted by Gasteiger charge is 2.22. The van der Waals surface area contributed by atoms with Gasteiger partial charge in [-0.3, -0.25) is 14.9 Å². The number of amides is 2. The van der Waals surface area contributed by atoms with E-state index in [9.17, 15) is 9.59 Å². The molecule has 35 heavy (non-hydrogen) atoms. The minimum absolute atomic E-state index is 0.0356. The molecule has 3 aromatic carbocycles. The van der Waals surface area contributed by atoms with Gasteiger partial charge in [0.25, 0.3) is 11.8 Å². The van der Waals surface area contributed by atoms with Gasteiger partial charge in [0, 0.05) is 25.1 Å². The third kappa shape index (κ3) is 6.68. The Labute approximate surface area is 218 Å². The highest BCUT2D eigenvalue weighted by molar-refractivity contribution is 9.10. The van der Waals surface area contributed by atoms with E-state index in [1.165, 1.54) is 5.56 Å². The van der Waals surface area contributed by atoms with Crippen LogP contribution in [-0.2, 0) is 6.42 Å². The van der Waals surface area contributed by atoms with Crippen molar-refractivity contribution in [3.8, 4) is 5.75 Å². The number of halogens is 1. The molecule has 0 atom stereocenters. The van der Waals surface area contributed by atoms with Gasteiger partial charge in [0.2, 0.25) is 0 Å². The highest BCUT2D eigenvalue weighted by atomic mass is 79.9. The van der Waals surface area contributed by atoms with Crippen molar-refractivity contribution in [3.05, 3.63) is 94.0 Å². The number of nitrogens with one attached hydrogen (secondary N) is 2. The summed E-state index contributed by atoms with van der Waals surface area (Å²) in [4.78, 5) is 27.5. The van der Waals surface area contributed by atoms with E-state index in [-0.39, 0.29) is 16.9 Å². The predicted molar refractivity (Wildman–Crippen MR) is 145 cm³/mol. The lowest BCUT2D eigenvalue weighted by atomic mass is 10.1. The molecule has 180 valence electrons. The van der Waals surface area contributed by atoms with Gasteiger partial charge in [0.15, 0.2) is 5.11 Å². The number of thiocarbonyl (C=S) groups is 1. The molecule has 0 aromatic heterocycles. The Balaban J connectivity index is 1.34. The Morgan fingerprint density at radius 3 is 2.43 bits per heavy atom. The highest BCUT2D eigenvalue weighted by Crippen LogP contribution is 2.26. The van der Waals surface area contributed by atoms with E-state index < -0.39 is 0 Å². The first kappa shape index (κ1) is 24.9. The second kappa shape index (κ2) is 12.0. The van der Waals surface area contributed by atoms with Gasteiger partial charge in [-0.25, -0.2) is 0 Å². The second-order valence-corrected chi connectivity index (χ2v) is 9.44. The number of benzene rings is 3. The van der Waals surface area contributed by atoms with Crippen molar-refractivity contribution in [2.45, 2.75) is 19.3 Å². The molecule has 6 nitrogen and oxygen atoms in total. The number of hydrogen-bond donors (Lipinski definition) is 2. The zero-order valence-electron chi connectivity index (χ0n) is 19.1. The normalized spacial score (nSPS) is 12.8. The van der Waals surface area contributed by atoms with Crippen molar-refractivity contribution in [1.29, 1.82) is 0 Å². The molecule has 1 saturated heterocycles. The SMILES string of the molecule is O=C(NC(=S)Nc1ccccc1C(=O)N1CCCC1)c1ccc(OCCc2ccccc2)c(Br)c1. The number of hydrogen-bond acceptors (Lipinski definition) is 4. The van der Waals surface area contributed by atoms with Crippen molar-refractivity contribution < 1.29 is 14.3 Å². The maximum absolute atomic E-state index is 12.9. The Hall–Kier alpha value is -3.23. The van der Waals surface area contributed by atoms with E-state index in [0.29, 0.717) is 33.6 Å². The van der Waals surface area contributed by atoms with Crippen LogP contribution in [0.4, 0.5) is 5.69 Å². The monoisotopic (exact) mass is 551 g/mol. The number of carbonyl (C=O) groups is 2. The maximum Gasteiger partial charge on any atom is 0.257 e. The van der Waals surface area contributed by atoms with Crippen LogP contribution in [-0.4, -0.2) is 41.5 Å². The summed E-state index contributed by atoms with van der Waals surface area (Å²) in [5, 5.41) is 5.81. The van der Waals surface area contributed by atoms with Crippen LogP contribution in [0.5, 0.6) is 5.75 Å². The molecule has 1 aliphatic heterocycles.